The van der Waals surface area contributed by atoms with E-state index in [2.05, 4.69) is 4.98 Å². The minimum atomic E-state index is -3.53. The zero-order valence-corrected chi connectivity index (χ0v) is 19.6. The van der Waals surface area contributed by atoms with Crippen molar-refractivity contribution >= 4 is 42.4 Å². The van der Waals surface area contributed by atoms with Gasteiger partial charge in [-0.1, -0.05) is 29.5 Å². The number of methoxy groups -OCH3 is 1. The summed E-state index contributed by atoms with van der Waals surface area (Å²) in [4.78, 5) is 21.6. The Morgan fingerprint density at radius 3 is 2.52 bits per heavy atom. The van der Waals surface area contributed by atoms with E-state index in [0.717, 1.165) is 28.9 Å². The Labute approximate surface area is 187 Å². The molecule has 0 spiro atoms. The maximum Gasteiger partial charge on any atom is 0.229 e. The summed E-state index contributed by atoms with van der Waals surface area (Å²) in [6.07, 6.45) is 0.655. The molecule has 0 bridgehead atoms. The van der Waals surface area contributed by atoms with Crippen LogP contribution in [0.3, 0.4) is 0 Å². The number of sulfone groups is 1. The number of fused-ring (bicyclic) bond motifs is 1. The molecule has 0 aliphatic rings. The Hall–Kier alpha value is -2.49. The average molecular weight is 462 g/mol. The molecule has 0 radical (unpaired) electrons. The molecule has 0 N–H and O–H groups in total. The lowest BCUT2D eigenvalue weighted by Gasteiger charge is -2.21. The molecule has 31 heavy (non-hydrogen) atoms. The van der Waals surface area contributed by atoms with Crippen LogP contribution in [0.1, 0.15) is 12.8 Å². The van der Waals surface area contributed by atoms with Crippen molar-refractivity contribution in [2.24, 2.45) is 0 Å². The number of carbonyl (C=O) groups is 1. The quantitative estimate of drug-likeness (QED) is 0.460. The Balaban J connectivity index is 1.80. The van der Waals surface area contributed by atoms with E-state index in [9.17, 15) is 13.2 Å². The first-order chi connectivity index (χ1) is 14.8. The van der Waals surface area contributed by atoms with E-state index < -0.39 is 9.84 Å². The molecule has 3 rings (SSSR count). The summed E-state index contributed by atoms with van der Waals surface area (Å²) in [7, 11) is 2.03. The second-order valence-electron chi connectivity index (χ2n) is 7.41. The van der Waals surface area contributed by atoms with E-state index in [4.69, 9.17) is 4.74 Å². The summed E-state index contributed by atoms with van der Waals surface area (Å²) < 4.78 is 31.4. The Bertz CT molecular complexity index is 1130. The maximum absolute atomic E-state index is 13.1. The van der Waals surface area contributed by atoms with Gasteiger partial charge in [-0.3, -0.25) is 9.69 Å². The van der Waals surface area contributed by atoms with Gasteiger partial charge in [0.05, 0.1) is 28.0 Å². The van der Waals surface area contributed by atoms with E-state index in [0.29, 0.717) is 11.7 Å². The van der Waals surface area contributed by atoms with Gasteiger partial charge in [0.15, 0.2) is 15.0 Å². The molecule has 0 fully saturated rings. The number of carbonyl (C=O) groups excluding carboxylic acids is 1. The van der Waals surface area contributed by atoms with Crippen LogP contribution < -0.4 is 9.64 Å². The third-order valence-electron chi connectivity index (χ3n) is 4.79. The van der Waals surface area contributed by atoms with Crippen LogP contribution >= 0.6 is 11.3 Å². The molecule has 2 aromatic carbocycles. The number of amides is 1. The molecule has 7 nitrogen and oxygen atoms in total. The van der Waals surface area contributed by atoms with Gasteiger partial charge in [-0.2, -0.15) is 0 Å². The van der Waals surface area contributed by atoms with Crippen molar-refractivity contribution in [3.05, 3.63) is 48.5 Å². The van der Waals surface area contributed by atoms with Gasteiger partial charge in [-0.15, -0.1) is 0 Å². The largest absolute Gasteiger partial charge is 0.497 e. The van der Waals surface area contributed by atoms with E-state index in [1.54, 1.807) is 42.3 Å². The third-order valence-corrected chi connectivity index (χ3v) is 7.56. The first-order valence-corrected chi connectivity index (χ1v) is 12.4. The highest BCUT2D eigenvalue weighted by molar-refractivity contribution is 7.91. The lowest BCUT2D eigenvalue weighted by molar-refractivity contribution is -0.118. The fraction of sp³-hybridized carbons (Fsp3) is 0.364. The minimum Gasteiger partial charge on any atom is -0.497 e. The summed E-state index contributed by atoms with van der Waals surface area (Å²) >= 11 is 1.40. The number of anilines is 1. The highest BCUT2D eigenvalue weighted by atomic mass is 32.2. The Kier molecular flexibility index (Phi) is 7.64. The van der Waals surface area contributed by atoms with Crippen molar-refractivity contribution in [2.75, 3.05) is 44.9 Å². The number of nitrogens with zero attached hydrogens (tertiary/aromatic N) is 3. The molecule has 3 aromatic rings. The fourth-order valence-electron chi connectivity index (χ4n) is 3.11. The Morgan fingerprint density at radius 1 is 1.10 bits per heavy atom. The van der Waals surface area contributed by atoms with Gasteiger partial charge in [0.2, 0.25) is 5.91 Å². The zero-order chi connectivity index (χ0) is 22.4. The SMILES string of the molecule is COc1ccc2nc(N(CCCN(C)C)C(=O)CCS(=O)(=O)c3ccccc3)sc2c1. The van der Waals surface area contributed by atoms with E-state index in [1.807, 2.05) is 37.2 Å². The molecule has 0 unspecified atom stereocenters. The highest BCUT2D eigenvalue weighted by Crippen LogP contribution is 2.32. The van der Waals surface area contributed by atoms with Crippen molar-refractivity contribution < 1.29 is 17.9 Å². The predicted octanol–water partition coefficient (Wildman–Crippen LogP) is 3.45. The molecular formula is C22H27N3O4S2. The third kappa shape index (κ3) is 6.03. The van der Waals surface area contributed by atoms with Crippen LogP contribution in [0.25, 0.3) is 10.2 Å². The monoisotopic (exact) mass is 461 g/mol. The van der Waals surface area contributed by atoms with Gasteiger partial charge < -0.3 is 9.64 Å². The lowest BCUT2D eigenvalue weighted by Crippen LogP contribution is -2.34. The van der Waals surface area contributed by atoms with E-state index in [1.165, 1.54) is 11.3 Å². The topological polar surface area (TPSA) is 79.8 Å². The molecule has 0 saturated carbocycles. The first-order valence-electron chi connectivity index (χ1n) is 9.97. The minimum absolute atomic E-state index is 0.0988. The zero-order valence-electron chi connectivity index (χ0n) is 17.9. The number of benzene rings is 2. The molecular weight excluding hydrogens is 434 g/mol. The number of thiazole rings is 1. The molecule has 1 aromatic heterocycles. The van der Waals surface area contributed by atoms with Crippen LogP contribution in [0.2, 0.25) is 0 Å². The van der Waals surface area contributed by atoms with Gasteiger partial charge in [0.1, 0.15) is 5.75 Å². The fourth-order valence-corrected chi connectivity index (χ4v) is 5.40. The normalized spacial score (nSPS) is 11.7. The molecule has 0 aliphatic carbocycles. The molecule has 0 aliphatic heterocycles. The summed E-state index contributed by atoms with van der Waals surface area (Å²) in [5, 5.41) is 0.573. The van der Waals surface area contributed by atoms with E-state index >= 15 is 0 Å². The van der Waals surface area contributed by atoms with Gasteiger partial charge in [0.25, 0.3) is 0 Å². The number of hydrogen-bond donors (Lipinski definition) is 0. The van der Waals surface area contributed by atoms with Crippen LogP contribution in [0, 0.1) is 0 Å². The summed E-state index contributed by atoms with van der Waals surface area (Å²) in [6.45, 7) is 1.28. The van der Waals surface area contributed by atoms with Crippen LogP contribution in [-0.4, -0.2) is 64.3 Å². The molecule has 166 valence electrons. The molecule has 0 atom stereocenters. The molecule has 9 heteroatoms. The second-order valence-corrected chi connectivity index (χ2v) is 10.5. The lowest BCUT2D eigenvalue weighted by atomic mass is 10.3. The predicted molar refractivity (Wildman–Crippen MR) is 125 cm³/mol. The standard InChI is InChI=1S/C22H27N3O4S2/c1-24(2)13-7-14-25(22-23-19-11-10-17(29-3)16-20(19)30-22)21(26)12-15-31(27,28)18-8-5-4-6-9-18/h4-6,8-11,16H,7,12-15H2,1-3H3. The van der Waals surface area contributed by atoms with Gasteiger partial charge >= 0.3 is 0 Å². The van der Waals surface area contributed by atoms with Gasteiger partial charge in [-0.05, 0) is 57.4 Å². The van der Waals surface area contributed by atoms with Crippen LogP contribution in [0.5, 0.6) is 5.75 Å². The number of aromatic nitrogens is 1. The smallest absolute Gasteiger partial charge is 0.229 e. The van der Waals surface area contributed by atoms with Crippen molar-refractivity contribution in [3.8, 4) is 5.75 Å². The Morgan fingerprint density at radius 2 is 1.84 bits per heavy atom. The van der Waals surface area contributed by atoms with Crippen LogP contribution in [0.15, 0.2) is 53.4 Å². The summed E-state index contributed by atoms with van der Waals surface area (Å²) in [5.74, 6) is 0.241. The molecule has 1 heterocycles. The summed E-state index contributed by atoms with van der Waals surface area (Å²) in [5.41, 5.74) is 0.781. The van der Waals surface area contributed by atoms with Crippen molar-refractivity contribution in [2.45, 2.75) is 17.7 Å². The molecule has 0 saturated heterocycles. The number of ether oxygens (including phenoxy) is 1. The maximum atomic E-state index is 13.1. The second kappa shape index (κ2) is 10.2. The van der Waals surface area contributed by atoms with Crippen LogP contribution in [-0.2, 0) is 14.6 Å². The van der Waals surface area contributed by atoms with Crippen molar-refractivity contribution in [3.63, 3.8) is 0 Å². The van der Waals surface area contributed by atoms with Crippen molar-refractivity contribution in [1.82, 2.24) is 9.88 Å². The van der Waals surface area contributed by atoms with Gasteiger partial charge in [0, 0.05) is 13.0 Å². The number of rotatable bonds is 10. The highest BCUT2D eigenvalue weighted by Gasteiger charge is 2.23. The molecule has 1 amide bonds. The van der Waals surface area contributed by atoms with Gasteiger partial charge in [-0.25, -0.2) is 13.4 Å². The van der Waals surface area contributed by atoms with Crippen molar-refractivity contribution in [1.29, 1.82) is 0 Å². The number of hydrogen-bond acceptors (Lipinski definition) is 7. The summed E-state index contributed by atoms with van der Waals surface area (Å²) in [6, 6.07) is 13.8. The average Bonchev–Trinajstić information content (AvgIpc) is 3.18. The van der Waals surface area contributed by atoms with Crippen LogP contribution in [0.4, 0.5) is 5.13 Å². The first kappa shape index (κ1) is 23.2. The van der Waals surface area contributed by atoms with E-state index in [-0.39, 0.29) is 23.0 Å².